The summed E-state index contributed by atoms with van der Waals surface area (Å²) in [5, 5.41) is 37.7. The van der Waals surface area contributed by atoms with Crippen LogP contribution in [-0.4, -0.2) is 238 Å². The molecule has 105 heavy (non-hydrogen) atoms. The van der Waals surface area contributed by atoms with E-state index in [1.807, 2.05) is 62.4 Å². The van der Waals surface area contributed by atoms with Crippen LogP contribution in [-0.2, 0) is 119 Å². The monoisotopic (exact) mass is 1480 g/mol. The molecule has 0 saturated heterocycles. The van der Waals surface area contributed by atoms with E-state index in [1.54, 1.807) is 45.2 Å². The number of nitrogens with zero attached hydrogens (tertiary/aromatic N) is 2. The molecule has 0 radical (unpaired) electrons. The van der Waals surface area contributed by atoms with Crippen LogP contribution in [0.3, 0.4) is 0 Å². The molecule has 0 heterocycles. The SMILES string of the molecule is CC(=O)CCC(=O)OC(C)COC(C)=O.CCc1cccc(CC)c1NC(=O)CN(CC(=O)O)CC(=O)O.COCC(C)OC(=O)c1ccc(C(C)=O)cc1.COCCOC(=O)CCC(C)=O.COCCOC(=O)c1ccc(C(=O)OCCOC(C)=O)cc1.O=C(O)CN(CC(=O)O)Cc1ccccc1. The van der Waals surface area contributed by atoms with Crippen LogP contribution >= 0.6 is 0 Å². The molecule has 2 atom stereocenters. The molecule has 4 aromatic rings. The Bertz CT molecular complexity index is 3300. The number of anilines is 1. The molecule has 0 spiro atoms. The number of ether oxygens (including phenoxy) is 10. The molecule has 0 aliphatic carbocycles. The second-order valence-corrected chi connectivity index (χ2v) is 22.3. The first-order valence-electron chi connectivity index (χ1n) is 32.7. The second-order valence-electron chi connectivity index (χ2n) is 22.3. The highest BCUT2D eigenvalue weighted by atomic mass is 16.6. The number of rotatable bonds is 40. The van der Waals surface area contributed by atoms with Crippen molar-refractivity contribution >= 4 is 94.6 Å². The molecule has 32 heteroatoms. The molecule has 5 N–H and O–H groups in total. The van der Waals surface area contributed by atoms with Crippen molar-refractivity contribution in [1.82, 2.24) is 9.80 Å². The summed E-state index contributed by atoms with van der Waals surface area (Å²) in [5.74, 6) is -8.05. The Morgan fingerprint density at radius 2 is 0.800 bits per heavy atom. The normalized spacial score (nSPS) is 10.6. The van der Waals surface area contributed by atoms with Gasteiger partial charge >= 0.3 is 65.7 Å². The fourth-order valence-corrected chi connectivity index (χ4v) is 7.95. The predicted molar refractivity (Wildman–Crippen MR) is 376 cm³/mol. The zero-order valence-corrected chi connectivity index (χ0v) is 61.4. The van der Waals surface area contributed by atoms with Gasteiger partial charge in [-0.1, -0.05) is 74.5 Å². The number of hydrogen-bond acceptors (Lipinski definition) is 27. The zero-order chi connectivity index (χ0) is 79.8. The number of esters is 7. The number of aliphatic carboxylic acids is 4. The van der Waals surface area contributed by atoms with Crippen LogP contribution in [0.1, 0.15) is 146 Å². The summed E-state index contributed by atoms with van der Waals surface area (Å²) in [6, 6.07) is 27.2. The summed E-state index contributed by atoms with van der Waals surface area (Å²) in [7, 11) is 4.59. The van der Waals surface area contributed by atoms with E-state index >= 15 is 0 Å². The Balaban J connectivity index is 0. The molecular formula is C73H99N3O29. The van der Waals surface area contributed by atoms with Crippen molar-refractivity contribution in [3.63, 3.8) is 0 Å². The highest BCUT2D eigenvalue weighted by Gasteiger charge is 2.20. The van der Waals surface area contributed by atoms with E-state index in [0.29, 0.717) is 43.1 Å². The third-order valence-corrected chi connectivity index (χ3v) is 12.8. The number of ketones is 3. The van der Waals surface area contributed by atoms with E-state index in [-0.39, 0.29) is 113 Å². The van der Waals surface area contributed by atoms with Gasteiger partial charge in [0.25, 0.3) is 0 Å². The molecule has 580 valence electrons. The lowest BCUT2D eigenvalue weighted by atomic mass is 10.0. The van der Waals surface area contributed by atoms with Gasteiger partial charge in [0.15, 0.2) is 5.78 Å². The average molecular weight is 1480 g/mol. The third kappa shape index (κ3) is 52.0. The highest BCUT2D eigenvalue weighted by Crippen LogP contribution is 2.23. The minimum Gasteiger partial charge on any atom is -0.480 e. The van der Waals surface area contributed by atoms with Crippen LogP contribution in [0.2, 0.25) is 0 Å². The summed E-state index contributed by atoms with van der Waals surface area (Å²) in [5.41, 5.74) is 5.22. The number of benzene rings is 4. The Hall–Kier alpha value is -10.7. The van der Waals surface area contributed by atoms with Gasteiger partial charge in [-0.15, -0.1) is 0 Å². The molecule has 0 aliphatic rings. The number of para-hydroxylation sites is 1. The smallest absolute Gasteiger partial charge is 0.338 e. The van der Waals surface area contributed by atoms with Crippen LogP contribution in [0.4, 0.5) is 5.69 Å². The van der Waals surface area contributed by atoms with Gasteiger partial charge in [0.05, 0.1) is 82.1 Å². The summed E-state index contributed by atoms with van der Waals surface area (Å²) < 4.78 is 48.2. The van der Waals surface area contributed by atoms with Gasteiger partial charge in [0, 0.05) is 65.8 Å². The summed E-state index contributed by atoms with van der Waals surface area (Å²) >= 11 is 0. The molecular weight excluding hydrogens is 1380 g/mol. The number of Topliss-reactive ketones (excluding diaryl/α,β-unsaturated/α-hetero) is 3. The predicted octanol–water partition coefficient (Wildman–Crippen LogP) is 6.57. The van der Waals surface area contributed by atoms with Crippen molar-refractivity contribution in [1.29, 1.82) is 0 Å². The number of aryl methyl sites for hydroxylation is 2. The molecule has 0 fully saturated rings. The van der Waals surface area contributed by atoms with Crippen LogP contribution in [0, 0.1) is 0 Å². The van der Waals surface area contributed by atoms with Gasteiger partial charge in [0.1, 0.15) is 56.8 Å². The lowest BCUT2D eigenvalue weighted by Gasteiger charge is -2.19. The first kappa shape index (κ1) is 96.4. The van der Waals surface area contributed by atoms with Crippen molar-refractivity contribution in [3.8, 4) is 0 Å². The van der Waals surface area contributed by atoms with Gasteiger partial charge in [-0.05, 0) is 101 Å². The van der Waals surface area contributed by atoms with Crippen molar-refractivity contribution < 1.29 is 140 Å². The maximum absolute atomic E-state index is 12.2. The third-order valence-electron chi connectivity index (χ3n) is 12.8. The molecule has 1 amide bonds. The lowest BCUT2D eigenvalue weighted by molar-refractivity contribution is -0.157. The Kier molecular flexibility index (Phi) is 53.1. The average Bonchev–Trinajstić information content (AvgIpc) is 0.868. The van der Waals surface area contributed by atoms with Crippen molar-refractivity contribution in [3.05, 3.63) is 136 Å². The van der Waals surface area contributed by atoms with Crippen molar-refractivity contribution in [2.45, 2.75) is 120 Å². The molecule has 0 saturated carbocycles. The second kappa shape index (κ2) is 57.8. The molecule has 2 unspecified atom stereocenters. The van der Waals surface area contributed by atoms with E-state index in [2.05, 4.69) is 19.5 Å². The van der Waals surface area contributed by atoms with Gasteiger partial charge in [-0.3, -0.25) is 57.7 Å². The topological polar surface area (TPSA) is 448 Å². The first-order valence-corrected chi connectivity index (χ1v) is 32.7. The molecule has 0 aliphatic heterocycles. The minimum atomic E-state index is -1.18. The van der Waals surface area contributed by atoms with E-state index in [4.69, 9.17) is 53.6 Å². The van der Waals surface area contributed by atoms with E-state index < -0.39 is 84.8 Å². The summed E-state index contributed by atoms with van der Waals surface area (Å²) in [6.45, 7) is 14.2. The molecule has 32 nitrogen and oxygen atoms in total. The largest absolute Gasteiger partial charge is 0.480 e. The van der Waals surface area contributed by atoms with Gasteiger partial charge in [-0.25, -0.2) is 14.4 Å². The van der Waals surface area contributed by atoms with Gasteiger partial charge in [0.2, 0.25) is 5.91 Å². The molecule has 4 rings (SSSR count). The Morgan fingerprint density at radius 1 is 0.400 bits per heavy atom. The molecule has 4 aromatic carbocycles. The summed E-state index contributed by atoms with van der Waals surface area (Å²) in [6.07, 6.45) is 1.40. The number of amides is 1. The number of hydrogen-bond donors (Lipinski definition) is 5. The molecule has 0 aromatic heterocycles. The van der Waals surface area contributed by atoms with E-state index in [9.17, 15) is 71.9 Å². The van der Waals surface area contributed by atoms with E-state index in [1.165, 1.54) is 78.0 Å². The van der Waals surface area contributed by atoms with Crippen LogP contribution in [0.25, 0.3) is 0 Å². The fraction of sp³-hybridized carbons (Fsp3) is 0.466. The van der Waals surface area contributed by atoms with Crippen molar-refractivity contribution in [2.75, 3.05) is 112 Å². The maximum Gasteiger partial charge on any atom is 0.338 e. The fourth-order valence-electron chi connectivity index (χ4n) is 7.95. The summed E-state index contributed by atoms with van der Waals surface area (Å²) in [4.78, 5) is 167. The Morgan fingerprint density at radius 3 is 1.21 bits per heavy atom. The van der Waals surface area contributed by atoms with Crippen LogP contribution < -0.4 is 5.32 Å². The number of carboxylic acid groups (broad SMARTS) is 4. The zero-order valence-electron chi connectivity index (χ0n) is 61.4. The maximum atomic E-state index is 12.2. The minimum absolute atomic E-state index is 0.00121. The quantitative estimate of drug-likeness (QED) is 0.0136. The number of methoxy groups -OCH3 is 3. The first-order chi connectivity index (χ1) is 49.6. The number of carboxylic acids is 4. The lowest BCUT2D eigenvalue weighted by Crippen LogP contribution is -2.40. The van der Waals surface area contributed by atoms with Crippen molar-refractivity contribution in [2.24, 2.45) is 0 Å². The Labute approximate surface area is 609 Å². The van der Waals surface area contributed by atoms with E-state index in [0.717, 1.165) is 40.1 Å². The number of carbonyl (C=O) groups is 15. The van der Waals surface area contributed by atoms with Crippen LogP contribution in [0.15, 0.2) is 97.1 Å². The standard InChI is InChI=1S/C16H22N2O5.C15H18O7.C13H16O4.C11H13NO4.C10H16O5.C8H14O4/c1-3-11-6-5-7-12(4-2)16(11)17-13(19)8-18(9-14(20)21)10-15(22)23;1-11(16)20-9-10-22-15(18)13-5-3-12(4-6-13)14(17)21-8-7-19-2;1-9(8-16-3)17-13(15)12-6-4-11(5-7-12)10(2)14;13-10(14)7-12(8-11(15)16)6-9-4-2-1-3-5-9;1-7(11)4-5-10(13)15-8(2)6-14-9(3)12;1-7(9)3-4-8(10)12-6-5-11-2/h5-7H,3-4,8-10H2,1-2H3,(H,17,19)(H,20,21)(H,22,23);3-6H,7-10H2,1-2H3;4-7,9H,8H2,1-3H3;1-5H,6-8H2,(H,13,14)(H,15,16);8H,4-6H2,1-3H3;3-6H2,1-2H3. The van der Waals surface area contributed by atoms with Crippen LogP contribution in [0.5, 0.6) is 0 Å². The number of nitrogens with one attached hydrogen (secondary N) is 1. The van der Waals surface area contributed by atoms with Gasteiger partial charge < -0.3 is 82.7 Å². The molecule has 0 bridgehead atoms. The van der Waals surface area contributed by atoms with Gasteiger partial charge in [-0.2, -0.15) is 0 Å². The highest BCUT2D eigenvalue weighted by molar-refractivity contribution is 5.97. The number of carbonyl (C=O) groups excluding carboxylic acids is 11.